The number of hydrogen-bond donors (Lipinski definition) is 1. The van der Waals surface area contributed by atoms with Crippen LogP contribution in [0.25, 0.3) is 21.7 Å². The van der Waals surface area contributed by atoms with E-state index in [2.05, 4.69) is 23.4 Å². The number of rotatable bonds is 4. The highest BCUT2D eigenvalue weighted by Gasteiger charge is 2.31. The van der Waals surface area contributed by atoms with Crippen LogP contribution >= 0.6 is 0 Å². The Balaban J connectivity index is 1.52. The maximum atomic E-state index is 13.0. The van der Waals surface area contributed by atoms with E-state index in [0.717, 1.165) is 27.3 Å². The fourth-order valence-corrected chi connectivity index (χ4v) is 3.86. The molecule has 2 aromatic heterocycles. The zero-order valence-electron chi connectivity index (χ0n) is 15.4. The van der Waals surface area contributed by atoms with E-state index in [-0.39, 0.29) is 11.9 Å². The fraction of sp³-hybridized carbons (Fsp3) is 0.273. The quantitative estimate of drug-likeness (QED) is 0.537. The minimum Gasteiger partial charge on any atom is -0.450 e. The molecule has 2 aromatic carbocycles. The third kappa shape index (κ3) is 2.62. The van der Waals surface area contributed by atoms with Crippen LogP contribution in [-0.2, 0) is 0 Å². The second-order valence-corrected chi connectivity index (χ2v) is 7.41. The lowest BCUT2D eigenvalue weighted by atomic mass is 10.1. The predicted molar refractivity (Wildman–Crippen MR) is 106 cm³/mol. The summed E-state index contributed by atoms with van der Waals surface area (Å²) in [6.07, 6.45) is 4.18. The molecule has 5 nitrogen and oxygen atoms in total. The van der Waals surface area contributed by atoms with Gasteiger partial charge in [0, 0.05) is 22.4 Å². The van der Waals surface area contributed by atoms with Crippen molar-refractivity contribution in [2.75, 3.05) is 5.32 Å². The number of nitrogens with one attached hydrogen (secondary N) is 1. The molecule has 1 atom stereocenters. The zero-order chi connectivity index (χ0) is 18.5. The van der Waals surface area contributed by atoms with Crippen LogP contribution in [0, 0.1) is 12.8 Å². The molecule has 2 heterocycles. The van der Waals surface area contributed by atoms with E-state index in [1.54, 1.807) is 6.20 Å². The Kier molecular flexibility index (Phi) is 3.57. The van der Waals surface area contributed by atoms with E-state index < -0.39 is 0 Å². The molecule has 27 heavy (non-hydrogen) atoms. The maximum Gasteiger partial charge on any atom is 0.292 e. The summed E-state index contributed by atoms with van der Waals surface area (Å²) in [7, 11) is 0. The number of benzene rings is 2. The molecular formula is C22H21N3O2. The summed E-state index contributed by atoms with van der Waals surface area (Å²) in [5.74, 6) is 1.48. The number of furan rings is 1. The first-order valence-electron chi connectivity index (χ1n) is 9.39. The lowest BCUT2D eigenvalue weighted by molar-refractivity contribution is 0.0996. The van der Waals surface area contributed by atoms with Gasteiger partial charge in [-0.2, -0.15) is 5.10 Å². The second kappa shape index (κ2) is 5.98. The Morgan fingerprint density at radius 1 is 1.19 bits per heavy atom. The smallest absolute Gasteiger partial charge is 0.292 e. The Morgan fingerprint density at radius 3 is 2.81 bits per heavy atom. The molecule has 0 saturated heterocycles. The van der Waals surface area contributed by atoms with Gasteiger partial charge in [0.05, 0.1) is 12.2 Å². The van der Waals surface area contributed by atoms with Crippen molar-refractivity contribution in [2.24, 2.45) is 5.92 Å². The number of fused-ring (bicyclic) bond motifs is 3. The van der Waals surface area contributed by atoms with Gasteiger partial charge in [0.15, 0.2) is 5.76 Å². The molecule has 0 spiro atoms. The van der Waals surface area contributed by atoms with Crippen molar-refractivity contribution in [3.8, 4) is 0 Å². The van der Waals surface area contributed by atoms with Gasteiger partial charge in [-0.15, -0.1) is 0 Å². The number of anilines is 1. The van der Waals surface area contributed by atoms with E-state index >= 15 is 0 Å². The summed E-state index contributed by atoms with van der Waals surface area (Å²) < 4.78 is 7.95. The highest BCUT2D eigenvalue weighted by Crippen LogP contribution is 2.40. The van der Waals surface area contributed by atoms with E-state index in [1.165, 1.54) is 12.8 Å². The molecule has 136 valence electrons. The summed E-state index contributed by atoms with van der Waals surface area (Å²) >= 11 is 0. The third-order valence-corrected chi connectivity index (χ3v) is 5.64. The molecule has 1 amide bonds. The van der Waals surface area contributed by atoms with Crippen LogP contribution in [-0.4, -0.2) is 15.7 Å². The zero-order valence-corrected chi connectivity index (χ0v) is 15.4. The van der Waals surface area contributed by atoms with Gasteiger partial charge in [-0.3, -0.25) is 4.79 Å². The van der Waals surface area contributed by atoms with E-state index in [4.69, 9.17) is 4.42 Å². The van der Waals surface area contributed by atoms with Crippen molar-refractivity contribution in [1.29, 1.82) is 0 Å². The van der Waals surface area contributed by atoms with Gasteiger partial charge in [-0.25, -0.2) is 4.68 Å². The normalized spacial score (nSPS) is 15.3. The lowest BCUT2D eigenvalue weighted by Crippen LogP contribution is -2.18. The minimum absolute atomic E-state index is 0.238. The standard InChI is InChI=1S/C22H21N3O2/c1-13-17-10-9-16-5-3-4-6-18(16)21(17)27-20(13)22(26)24-19-11-12-23-25(19)14(2)15-7-8-15/h3-6,9-12,14-15H,7-8H2,1-2H3,(H,24,26). The van der Waals surface area contributed by atoms with E-state index in [9.17, 15) is 4.79 Å². The van der Waals surface area contributed by atoms with Crippen LogP contribution in [0.1, 0.15) is 41.9 Å². The minimum atomic E-state index is -0.238. The average molecular weight is 359 g/mol. The Hall–Kier alpha value is -3.08. The van der Waals surface area contributed by atoms with E-state index in [0.29, 0.717) is 17.5 Å². The number of aromatic nitrogens is 2. The van der Waals surface area contributed by atoms with Crippen LogP contribution in [0.5, 0.6) is 0 Å². The van der Waals surface area contributed by atoms with Crippen LogP contribution in [0.3, 0.4) is 0 Å². The Labute approximate surface area is 157 Å². The topological polar surface area (TPSA) is 60.1 Å². The molecule has 4 aromatic rings. The molecule has 1 aliphatic carbocycles. The highest BCUT2D eigenvalue weighted by molar-refractivity contribution is 6.11. The highest BCUT2D eigenvalue weighted by atomic mass is 16.3. The number of carbonyl (C=O) groups is 1. The molecule has 0 bridgehead atoms. The second-order valence-electron chi connectivity index (χ2n) is 7.41. The first-order valence-corrected chi connectivity index (χ1v) is 9.39. The van der Waals surface area contributed by atoms with Gasteiger partial charge in [-0.05, 0) is 38.0 Å². The number of nitrogens with zero attached hydrogens (tertiary/aromatic N) is 2. The van der Waals surface area contributed by atoms with Crippen molar-refractivity contribution in [3.05, 3.63) is 60.0 Å². The number of carbonyl (C=O) groups excluding carboxylic acids is 1. The molecule has 1 saturated carbocycles. The van der Waals surface area contributed by atoms with Crippen LogP contribution in [0.4, 0.5) is 5.82 Å². The molecule has 5 rings (SSSR count). The molecule has 5 heteroatoms. The average Bonchev–Trinajstić information content (AvgIpc) is 3.34. The Bertz CT molecular complexity index is 1170. The summed E-state index contributed by atoms with van der Waals surface area (Å²) in [6.45, 7) is 4.08. The largest absolute Gasteiger partial charge is 0.450 e. The molecule has 1 unspecified atom stereocenters. The number of amides is 1. The van der Waals surface area contributed by atoms with Gasteiger partial charge in [0.2, 0.25) is 0 Å². The SMILES string of the molecule is Cc1c(C(=O)Nc2ccnn2C(C)C2CC2)oc2c1ccc1ccccc12. The fourth-order valence-electron chi connectivity index (χ4n) is 3.86. The molecule has 1 fully saturated rings. The van der Waals surface area contributed by atoms with Gasteiger partial charge >= 0.3 is 0 Å². The summed E-state index contributed by atoms with van der Waals surface area (Å²) in [4.78, 5) is 13.0. The van der Waals surface area contributed by atoms with Crippen LogP contribution in [0.15, 0.2) is 53.1 Å². The molecular weight excluding hydrogens is 338 g/mol. The molecule has 1 aliphatic rings. The number of hydrogen-bond acceptors (Lipinski definition) is 3. The molecule has 1 N–H and O–H groups in total. The number of aryl methyl sites for hydroxylation is 1. The molecule has 0 aliphatic heterocycles. The first kappa shape index (κ1) is 16.1. The third-order valence-electron chi connectivity index (χ3n) is 5.64. The van der Waals surface area contributed by atoms with Crippen LogP contribution < -0.4 is 5.32 Å². The first-order chi connectivity index (χ1) is 13.1. The predicted octanol–water partition coefficient (Wildman–Crippen LogP) is 5.31. The van der Waals surface area contributed by atoms with Crippen molar-refractivity contribution >= 4 is 33.5 Å². The Morgan fingerprint density at radius 2 is 2.00 bits per heavy atom. The maximum absolute atomic E-state index is 13.0. The molecule has 0 radical (unpaired) electrons. The summed E-state index contributed by atoms with van der Waals surface area (Å²) in [5.41, 5.74) is 1.62. The summed E-state index contributed by atoms with van der Waals surface area (Å²) in [6, 6.07) is 14.3. The van der Waals surface area contributed by atoms with Crippen molar-refractivity contribution < 1.29 is 9.21 Å². The lowest BCUT2D eigenvalue weighted by Gasteiger charge is -2.15. The van der Waals surface area contributed by atoms with Crippen LogP contribution in [0.2, 0.25) is 0 Å². The monoisotopic (exact) mass is 359 g/mol. The van der Waals surface area contributed by atoms with Gasteiger partial charge in [0.25, 0.3) is 5.91 Å². The van der Waals surface area contributed by atoms with Crippen molar-refractivity contribution in [1.82, 2.24) is 9.78 Å². The van der Waals surface area contributed by atoms with Gasteiger partial charge in [0.1, 0.15) is 11.4 Å². The van der Waals surface area contributed by atoms with Gasteiger partial charge in [-0.1, -0.05) is 36.4 Å². The van der Waals surface area contributed by atoms with Gasteiger partial charge < -0.3 is 9.73 Å². The van der Waals surface area contributed by atoms with Crippen molar-refractivity contribution in [2.45, 2.75) is 32.7 Å². The summed E-state index contributed by atoms with van der Waals surface area (Å²) in [5, 5.41) is 10.5. The van der Waals surface area contributed by atoms with Crippen molar-refractivity contribution in [3.63, 3.8) is 0 Å². The van der Waals surface area contributed by atoms with E-state index in [1.807, 2.05) is 48.0 Å².